The van der Waals surface area contributed by atoms with E-state index in [0.717, 1.165) is 6.54 Å². The molecule has 2 aromatic heterocycles. The van der Waals surface area contributed by atoms with Crippen LogP contribution in [0.3, 0.4) is 0 Å². The molecule has 0 aliphatic carbocycles. The first-order valence-electron chi connectivity index (χ1n) is 8.39. The van der Waals surface area contributed by atoms with Gasteiger partial charge < -0.3 is 14.1 Å². The van der Waals surface area contributed by atoms with E-state index in [1.807, 2.05) is 25.1 Å². The van der Waals surface area contributed by atoms with E-state index >= 15 is 0 Å². The summed E-state index contributed by atoms with van der Waals surface area (Å²) in [7, 11) is 1.34. The van der Waals surface area contributed by atoms with E-state index in [-0.39, 0.29) is 5.56 Å². The number of fused-ring (bicyclic) bond motifs is 1. The molecule has 0 atom stereocenters. The number of carbonyl (C=O) groups excluding carboxylic acids is 1. The van der Waals surface area contributed by atoms with Gasteiger partial charge in [0.1, 0.15) is 22.9 Å². The number of ether oxygens (including phenoxy) is 1. The molecule has 26 heavy (non-hydrogen) atoms. The molecule has 0 saturated carbocycles. The topological polar surface area (TPSA) is 88.4 Å². The van der Waals surface area contributed by atoms with Gasteiger partial charge in [-0.2, -0.15) is 0 Å². The van der Waals surface area contributed by atoms with E-state index in [2.05, 4.69) is 14.9 Å². The van der Waals surface area contributed by atoms with Crippen LogP contribution in [0, 0.1) is 6.92 Å². The first-order valence-corrected chi connectivity index (χ1v) is 8.39. The Morgan fingerprint density at radius 1 is 1.31 bits per heavy atom. The average molecular weight is 355 g/mol. The van der Waals surface area contributed by atoms with Crippen LogP contribution in [0.2, 0.25) is 0 Å². The number of nitrogens with one attached hydrogen (secondary N) is 1. The van der Waals surface area contributed by atoms with Crippen molar-refractivity contribution in [1.82, 2.24) is 14.9 Å². The van der Waals surface area contributed by atoms with Crippen molar-refractivity contribution >= 4 is 16.9 Å². The van der Waals surface area contributed by atoms with Crippen molar-refractivity contribution in [1.29, 1.82) is 0 Å². The molecule has 7 heteroatoms. The van der Waals surface area contributed by atoms with Crippen LogP contribution in [0.15, 0.2) is 39.5 Å². The number of hydrogen-bond acceptors (Lipinski definition) is 6. The average Bonchev–Trinajstić information content (AvgIpc) is 3.00. The molecule has 3 rings (SSSR count). The van der Waals surface area contributed by atoms with Gasteiger partial charge in [0.25, 0.3) is 5.56 Å². The van der Waals surface area contributed by atoms with Gasteiger partial charge in [-0.15, -0.1) is 0 Å². The summed E-state index contributed by atoms with van der Waals surface area (Å²) in [5.41, 5.74) is 0.948. The maximum atomic E-state index is 12.2. The number of furan rings is 1. The molecule has 0 bridgehead atoms. The minimum absolute atomic E-state index is 0.150. The van der Waals surface area contributed by atoms with Crippen LogP contribution in [-0.4, -0.2) is 34.5 Å². The molecule has 0 fully saturated rings. The van der Waals surface area contributed by atoms with Gasteiger partial charge in [-0.3, -0.25) is 9.69 Å². The first-order chi connectivity index (χ1) is 12.5. The number of H-pyrrole nitrogens is 1. The Morgan fingerprint density at radius 3 is 2.81 bits per heavy atom. The molecule has 2 heterocycles. The lowest BCUT2D eigenvalue weighted by atomic mass is 10.2. The zero-order chi connectivity index (χ0) is 18.7. The van der Waals surface area contributed by atoms with Crippen LogP contribution in [0.1, 0.15) is 34.6 Å². The van der Waals surface area contributed by atoms with Gasteiger partial charge in [0.15, 0.2) is 0 Å². The van der Waals surface area contributed by atoms with Gasteiger partial charge in [-0.25, -0.2) is 9.78 Å². The number of carbonyl (C=O) groups is 1. The number of hydrogen-bond donors (Lipinski definition) is 1. The molecule has 0 amide bonds. The summed E-state index contributed by atoms with van der Waals surface area (Å²) in [5, 5.41) is 0.573. The molecule has 0 radical (unpaired) electrons. The summed E-state index contributed by atoms with van der Waals surface area (Å²) in [6, 6.07) is 8.94. The van der Waals surface area contributed by atoms with Gasteiger partial charge in [0.05, 0.1) is 31.1 Å². The Morgan fingerprint density at radius 2 is 2.08 bits per heavy atom. The highest BCUT2D eigenvalue weighted by Gasteiger charge is 2.17. The molecule has 0 spiro atoms. The van der Waals surface area contributed by atoms with Crippen molar-refractivity contribution in [3.05, 3.63) is 63.6 Å². The summed E-state index contributed by atoms with van der Waals surface area (Å²) in [5.74, 6) is 1.36. The Balaban J connectivity index is 1.80. The minimum Gasteiger partial charge on any atom is -0.465 e. The van der Waals surface area contributed by atoms with E-state index in [4.69, 9.17) is 9.15 Å². The van der Waals surface area contributed by atoms with Crippen LogP contribution in [-0.2, 0) is 17.8 Å². The highest BCUT2D eigenvalue weighted by atomic mass is 16.5. The Hall–Kier alpha value is -2.93. The number of esters is 1. The smallest absolute Gasteiger partial charge is 0.341 e. The Kier molecular flexibility index (Phi) is 5.18. The van der Waals surface area contributed by atoms with Crippen LogP contribution in [0.25, 0.3) is 10.9 Å². The van der Waals surface area contributed by atoms with Crippen molar-refractivity contribution in [2.24, 2.45) is 0 Å². The normalized spacial score (nSPS) is 11.2. The monoisotopic (exact) mass is 355 g/mol. The van der Waals surface area contributed by atoms with Crippen molar-refractivity contribution in [2.45, 2.75) is 26.9 Å². The van der Waals surface area contributed by atoms with Gasteiger partial charge in [-0.05, 0) is 31.7 Å². The standard InChI is InChI=1S/C19H21N3O4/c1-4-22(10-13-9-15(12(2)26-13)19(24)25-3)11-17-20-16-8-6-5-7-14(16)18(23)21-17/h5-9H,4,10-11H2,1-3H3,(H,20,21,23). The molecule has 1 N–H and O–H groups in total. The zero-order valence-electron chi connectivity index (χ0n) is 15.0. The molecule has 0 unspecified atom stereocenters. The predicted molar refractivity (Wildman–Crippen MR) is 96.9 cm³/mol. The largest absolute Gasteiger partial charge is 0.465 e. The molecule has 136 valence electrons. The van der Waals surface area contributed by atoms with Crippen LogP contribution in [0.5, 0.6) is 0 Å². The van der Waals surface area contributed by atoms with E-state index < -0.39 is 5.97 Å². The fourth-order valence-corrected chi connectivity index (χ4v) is 2.86. The van der Waals surface area contributed by atoms with Crippen LogP contribution >= 0.6 is 0 Å². The van der Waals surface area contributed by atoms with Gasteiger partial charge in [0.2, 0.25) is 0 Å². The second kappa shape index (κ2) is 7.53. The summed E-state index contributed by atoms with van der Waals surface area (Å²) in [6.07, 6.45) is 0. The molecule has 0 aliphatic heterocycles. The highest BCUT2D eigenvalue weighted by molar-refractivity contribution is 5.90. The molecule has 0 aliphatic rings. The fourth-order valence-electron chi connectivity index (χ4n) is 2.86. The van der Waals surface area contributed by atoms with Gasteiger partial charge >= 0.3 is 5.97 Å². The predicted octanol–water partition coefficient (Wildman–Crippen LogP) is 2.63. The van der Waals surface area contributed by atoms with Gasteiger partial charge in [-0.1, -0.05) is 19.1 Å². The molecule has 1 aromatic carbocycles. The Labute approximate surface area is 150 Å². The number of methoxy groups -OCH3 is 1. The Bertz CT molecular complexity index is 990. The fraction of sp³-hybridized carbons (Fsp3) is 0.316. The summed E-state index contributed by atoms with van der Waals surface area (Å²) >= 11 is 0. The maximum absolute atomic E-state index is 12.2. The van der Waals surface area contributed by atoms with E-state index in [0.29, 0.717) is 46.9 Å². The van der Waals surface area contributed by atoms with Crippen molar-refractivity contribution in [2.75, 3.05) is 13.7 Å². The number of aromatic nitrogens is 2. The highest BCUT2D eigenvalue weighted by Crippen LogP contribution is 2.18. The number of nitrogens with zero attached hydrogens (tertiary/aromatic N) is 2. The van der Waals surface area contributed by atoms with Crippen molar-refractivity contribution in [3.8, 4) is 0 Å². The molecular formula is C19H21N3O4. The quantitative estimate of drug-likeness (QED) is 0.684. The maximum Gasteiger partial charge on any atom is 0.341 e. The third-order valence-electron chi connectivity index (χ3n) is 4.24. The van der Waals surface area contributed by atoms with Crippen LogP contribution in [0.4, 0.5) is 0 Å². The first kappa shape index (κ1) is 17.9. The van der Waals surface area contributed by atoms with E-state index in [9.17, 15) is 9.59 Å². The third-order valence-corrected chi connectivity index (χ3v) is 4.24. The minimum atomic E-state index is -0.416. The second-order valence-electron chi connectivity index (χ2n) is 6.01. The third kappa shape index (κ3) is 3.67. The lowest BCUT2D eigenvalue weighted by molar-refractivity contribution is 0.0599. The summed E-state index contributed by atoms with van der Waals surface area (Å²) < 4.78 is 10.4. The number of aryl methyl sites for hydroxylation is 1. The van der Waals surface area contributed by atoms with E-state index in [1.165, 1.54) is 7.11 Å². The van der Waals surface area contributed by atoms with Gasteiger partial charge in [0, 0.05) is 0 Å². The molecule has 7 nitrogen and oxygen atoms in total. The summed E-state index contributed by atoms with van der Waals surface area (Å²) in [6.45, 7) is 5.42. The van der Waals surface area contributed by atoms with Crippen LogP contribution < -0.4 is 5.56 Å². The SMILES string of the molecule is CCN(Cc1nc2ccccc2c(=O)[nH]1)Cc1cc(C(=O)OC)c(C)o1. The summed E-state index contributed by atoms with van der Waals surface area (Å²) in [4.78, 5) is 33.3. The second-order valence-corrected chi connectivity index (χ2v) is 6.01. The molecular weight excluding hydrogens is 334 g/mol. The number of para-hydroxylation sites is 1. The molecule has 3 aromatic rings. The number of aromatic amines is 1. The van der Waals surface area contributed by atoms with Crippen molar-refractivity contribution < 1.29 is 13.9 Å². The lowest BCUT2D eigenvalue weighted by Gasteiger charge is -2.18. The lowest BCUT2D eigenvalue weighted by Crippen LogP contribution is -2.25. The number of benzene rings is 1. The van der Waals surface area contributed by atoms with E-state index in [1.54, 1.807) is 19.1 Å². The van der Waals surface area contributed by atoms with Crippen molar-refractivity contribution in [3.63, 3.8) is 0 Å². The molecule has 0 saturated heterocycles. The number of rotatable bonds is 6. The zero-order valence-corrected chi connectivity index (χ0v) is 15.0.